The molecule has 9 unspecified atom stereocenters. The molecule has 3 saturated heterocycles. The minimum atomic E-state index is -1.66. The number of phenols is 1. The van der Waals surface area contributed by atoms with Gasteiger partial charge in [0.2, 0.25) is 0 Å². The molecule has 3 heterocycles. The van der Waals surface area contributed by atoms with E-state index in [-0.39, 0.29) is 29.1 Å². The van der Waals surface area contributed by atoms with Gasteiger partial charge in [0.15, 0.2) is 41.7 Å². The summed E-state index contributed by atoms with van der Waals surface area (Å²) in [4.78, 5) is 0. The van der Waals surface area contributed by atoms with Crippen LogP contribution in [0.3, 0.4) is 0 Å². The van der Waals surface area contributed by atoms with Crippen molar-refractivity contribution in [1.82, 2.24) is 0 Å². The Morgan fingerprint density at radius 1 is 0.816 bits per heavy atom. The van der Waals surface area contributed by atoms with Crippen LogP contribution in [0.25, 0.3) is 0 Å². The number of methoxy groups -OCH3 is 2. The maximum atomic E-state index is 10.8. The fraction of sp³-hybridized carbons (Fsp3) is 0.538. The van der Waals surface area contributed by atoms with Crippen LogP contribution in [0.5, 0.6) is 23.0 Å². The third kappa shape index (κ3) is 4.67. The standard InChI is InChI=1S/C26H32O12/c1-33-16-7-11(3-5-14(16)28)22-13-10-35-23(19(13)25(31)38-22)12-4-6-15(17(8-12)34-2)36-24-18(9-27)37-26(32)21(30)20(24)29/h3-8,13,18-32H,9-10H2,1-2H3/t13?,18?,19?,20?,21?,22?,23?,24?,25-,26?/m1/s1. The van der Waals surface area contributed by atoms with E-state index in [0.717, 1.165) is 5.56 Å². The topological polar surface area (TPSA) is 177 Å². The van der Waals surface area contributed by atoms with Gasteiger partial charge in [-0.15, -0.1) is 0 Å². The molecule has 2 aromatic carbocycles. The smallest absolute Gasteiger partial charge is 0.184 e. The van der Waals surface area contributed by atoms with Crippen LogP contribution in [-0.2, 0) is 14.2 Å². The lowest BCUT2D eigenvalue weighted by Gasteiger charge is -2.40. The molecule has 3 aliphatic heterocycles. The normalized spacial score (nSPS) is 36.6. The Hall–Kier alpha value is -2.68. The van der Waals surface area contributed by atoms with Crippen LogP contribution in [0.15, 0.2) is 36.4 Å². The Labute approximate surface area is 218 Å². The van der Waals surface area contributed by atoms with Crippen LogP contribution in [0.4, 0.5) is 0 Å². The van der Waals surface area contributed by atoms with E-state index in [1.54, 1.807) is 30.3 Å². The molecule has 0 aliphatic carbocycles. The Balaban J connectivity index is 1.36. The summed E-state index contributed by atoms with van der Waals surface area (Å²) >= 11 is 0. The number of aromatic hydroxyl groups is 1. The van der Waals surface area contributed by atoms with Crippen molar-refractivity contribution in [2.75, 3.05) is 27.4 Å². The number of aliphatic hydroxyl groups is 5. The maximum Gasteiger partial charge on any atom is 0.184 e. The quantitative estimate of drug-likeness (QED) is 0.279. The van der Waals surface area contributed by atoms with Gasteiger partial charge in [-0.2, -0.15) is 0 Å². The fourth-order valence-electron chi connectivity index (χ4n) is 5.49. The molecule has 0 saturated carbocycles. The van der Waals surface area contributed by atoms with E-state index < -0.39 is 55.8 Å². The molecule has 0 radical (unpaired) electrons. The second kappa shape index (κ2) is 10.8. The zero-order valence-corrected chi connectivity index (χ0v) is 20.8. The average molecular weight is 537 g/mol. The summed E-state index contributed by atoms with van der Waals surface area (Å²) in [5.74, 6) is 0.243. The van der Waals surface area contributed by atoms with Crippen molar-refractivity contribution in [2.24, 2.45) is 11.8 Å². The predicted octanol–water partition coefficient (Wildman–Crippen LogP) is -0.0183. The SMILES string of the molecule is COc1cc(C2O[C@@H](O)C3C(c4ccc(OC5C(CO)OC(O)C(O)C5O)c(OC)c4)OCC23)ccc1O. The van der Waals surface area contributed by atoms with Gasteiger partial charge in [-0.25, -0.2) is 0 Å². The summed E-state index contributed by atoms with van der Waals surface area (Å²) in [6, 6.07) is 9.91. The molecule has 2 aromatic rings. The van der Waals surface area contributed by atoms with E-state index in [1.165, 1.54) is 20.3 Å². The third-order valence-corrected chi connectivity index (χ3v) is 7.47. The lowest BCUT2D eigenvalue weighted by atomic mass is 9.84. The van der Waals surface area contributed by atoms with Crippen LogP contribution in [0, 0.1) is 11.8 Å². The van der Waals surface area contributed by atoms with E-state index in [2.05, 4.69) is 0 Å². The highest BCUT2D eigenvalue weighted by molar-refractivity contribution is 5.45. The molecule has 3 aliphatic rings. The number of fused-ring (bicyclic) bond motifs is 1. The zero-order valence-electron chi connectivity index (χ0n) is 20.8. The largest absolute Gasteiger partial charge is 0.504 e. The van der Waals surface area contributed by atoms with Crippen molar-refractivity contribution in [3.05, 3.63) is 47.5 Å². The van der Waals surface area contributed by atoms with Gasteiger partial charge in [-0.05, 0) is 35.4 Å². The monoisotopic (exact) mass is 536 g/mol. The van der Waals surface area contributed by atoms with Crippen LogP contribution in [0.2, 0.25) is 0 Å². The Morgan fingerprint density at radius 3 is 2.21 bits per heavy atom. The molecule has 0 amide bonds. The minimum Gasteiger partial charge on any atom is -0.504 e. The number of hydrogen-bond donors (Lipinski definition) is 6. The summed E-state index contributed by atoms with van der Waals surface area (Å²) in [7, 11) is 2.89. The van der Waals surface area contributed by atoms with E-state index in [9.17, 15) is 30.6 Å². The van der Waals surface area contributed by atoms with Crippen molar-refractivity contribution in [3.8, 4) is 23.0 Å². The molecule has 10 atom stereocenters. The molecular formula is C26H32O12. The van der Waals surface area contributed by atoms with Gasteiger partial charge < -0.3 is 59.1 Å². The first-order valence-corrected chi connectivity index (χ1v) is 12.2. The highest BCUT2D eigenvalue weighted by Crippen LogP contribution is 2.53. The molecular weight excluding hydrogens is 504 g/mol. The van der Waals surface area contributed by atoms with Gasteiger partial charge >= 0.3 is 0 Å². The summed E-state index contributed by atoms with van der Waals surface area (Å²) in [6.45, 7) is -0.234. The summed E-state index contributed by atoms with van der Waals surface area (Å²) < 4.78 is 33.7. The second-order valence-corrected chi connectivity index (χ2v) is 9.60. The lowest BCUT2D eigenvalue weighted by Crippen LogP contribution is -2.60. The zero-order chi connectivity index (χ0) is 27.1. The molecule has 0 spiro atoms. The maximum absolute atomic E-state index is 10.8. The Bertz CT molecular complexity index is 1130. The molecule has 3 fully saturated rings. The van der Waals surface area contributed by atoms with E-state index in [0.29, 0.717) is 17.9 Å². The second-order valence-electron chi connectivity index (χ2n) is 9.60. The molecule has 6 N–H and O–H groups in total. The number of ether oxygens (including phenoxy) is 6. The predicted molar refractivity (Wildman–Crippen MR) is 128 cm³/mol. The summed E-state index contributed by atoms with van der Waals surface area (Å²) in [5, 5.41) is 60.5. The third-order valence-electron chi connectivity index (χ3n) is 7.47. The first-order valence-electron chi connectivity index (χ1n) is 12.2. The molecule has 0 bridgehead atoms. The summed E-state index contributed by atoms with van der Waals surface area (Å²) in [5.41, 5.74) is 1.44. The average Bonchev–Trinajstić information content (AvgIpc) is 3.50. The Kier molecular flexibility index (Phi) is 7.67. The van der Waals surface area contributed by atoms with Crippen molar-refractivity contribution in [2.45, 2.75) is 49.2 Å². The van der Waals surface area contributed by atoms with Crippen molar-refractivity contribution in [3.63, 3.8) is 0 Å². The molecule has 38 heavy (non-hydrogen) atoms. The van der Waals surface area contributed by atoms with Crippen molar-refractivity contribution in [1.29, 1.82) is 0 Å². The molecule has 12 nitrogen and oxygen atoms in total. The van der Waals surface area contributed by atoms with E-state index in [4.69, 9.17) is 28.4 Å². The fourth-order valence-corrected chi connectivity index (χ4v) is 5.49. The van der Waals surface area contributed by atoms with Crippen LogP contribution in [-0.4, -0.2) is 95.1 Å². The highest BCUT2D eigenvalue weighted by Gasteiger charge is 2.53. The molecule has 208 valence electrons. The van der Waals surface area contributed by atoms with Gasteiger partial charge in [0.1, 0.15) is 18.3 Å². The molecule has 5 rings (SSSR count). The number of rotatable bonds is 7. The Morgan fingerprint density at radius 2 is 1.50 bits per heavy atom. The van der Waals surface area contributed by atoms with Gasteiger partial charge in [0.05, 0.1) is 39.6 Å². The van der Waals surface area contributed by atoms with Crippen LogP contribution in [0.1, 0.15) is 23.3 Å². The van der Waals surface area contributed by atoms with Crippen LogP contribution >= 0.6 is 0 Å². The minimum absolute atomic E-state index is 0.00426. The summed E-state index contributed by atoms with van der Waals surface area (Å²) in [6.07, 6.45) is -9.18. The van der Waals surface area contributed by atoms with Crippen molar-refractivity contribution < 1.29 is 59.1 Å². The number of hydrogen-bond acceptors (Lipinski definition) is 12. The van der Waals surface area contributed by atoms with Gasteiger partial charge in [0.25, 0.3) is 0 Å². The molecule has 12 heteroatoms. The van der Waals surface area contributed by atoms with E-state index in [1.807, 2.05) is 0 Å². The molecule has 0 aromatic heterocycles. The van der Waals surface area contributed by atoms with Crippen LogP contribution < -0.4 is 14.2 Å². The number of benzene rings is 2. The van der Waals surface area contributed by atoms with Gasteiger partial charge in [-0.3, -0.25) is 0 Å². The van der Waals surface area contributed by atoms with Crippen molar-refractivity contribution >= 4 is 0 Å². The number of phenolic OH excluding ortho intramolecular Hbond substituents is 1. The lowest BCUT2D eigenvalue weighted by molar-refractivity contribution is -0.282. The first kappa shape index (κ1) is 26.9. The highest BCUT2D eigenvalue weighted by atomic mass is 16.7. The van der Waals surface area contributed by atoms with Gasteiger partial charge in [0, 0.05) is 11.8 Å². The van der Waals surface area contributed by atoms with E-state index >= 15 is 0 Å². The first-order chi connectivity index (χ1) is 18.3. The van der Waals surface area contributed by atoms with Gasteiger partial charge in [-0.1, -0.05) is 12.1 Å². The number of aliphatic hydroxyl groups excluding tert-OH is 5.